The first-order valence-electron chi connectivity index (χ1n) is 6.22. The number of hydrogen-bond acceptors (Lipinski definition) is 3. The first kappa shape index (κ1) is 13.5. The van der Waals surface area contributed by atoms with Gasteiger partial charge in [0, 0.05) is 24.0 Å². The SMILES string of the molecule is CCN(c1ccc(C)cc1)c1cc(C(N)=S)ccn1. The minimum Gasteiger partial charge on any atom is -0.389 e. The van der Waals surface area contributed by atoms with Gasteiger partial charge in [0.1, 0.15) is 10.8 Å². The number of rotatable bonds is 4. The molecule has 0 fully saturated rings. The summed E-state index contributed by atoms with van der Waals surface area (Å²) >= 11 is 5.01. The lowest BCUT2D eigenvalue weighted by atomic mass is 10.2. The van der Waals surface area contributed by atoms with Crippen LogP contribution < -0.4 is 10.6 Å². The molecule has 0 saturated heterocycles. The summed E-state index contributed by atoms with van der Waals surface area (Å²) in [6.07, 6.45) is 1.74. The van der Waals surface area contributed by atoms with Crippen LogP contribution in [0.25, 0.3) is 0 Å². The Labute approximate surface area is 119 Å². The summed E-state index contributed by atoms with van der Waals surface area (Å²) in [6.45, 7) is 5.00. The van der Waals surface area contributed by atoms with Gasteiger partial charge in [0.05, 0.1) is 0 Å². The van der Waals surface area contributed by atoms with Gasteiger partial charge >= 0.3 is 0 Å². The highest BCUT2D eigenvalue weighted by atomic mass is 32.1. The van der Waals surface area contributed by atoms with E-state index in [1.807, 2.05) is 12.1 Å². The van der Waals surface area contributed by atoms with Crippen molar-refractivity contribution in [3.8, 4) is 0 Å². The molecule has 0 amide bonds. The molecule has 0 aliphatic heterocycles. The fraction of sp³-hybridized carbons (Fsp3) is 0.200. The van der Waals surface area contributed by atoms with Gasteiger partial charge in [0.2, 0.25) is 0 Å². The van der Waals surface area contributed by atoms with Crippen molar-refractivity contribution < 1.29 is 0 Å². The Kier molecular flexibility index (Phi) is 4.12. The fourth-order valence-electron chi connectivity index (χ4n) is 1.92. The highest BCUT2D eigenvalue weighted by molar-refractivity contribution is 7.80. The van der Waals surface area contributed by atoms with Gasteiger partial charge in [-0.3, -0.25) is 0 Å². The van der Waals surface area contributed by atoms with Gasteiger partial charge in [0.15, 0.2) is 0 Å². The maximum Gasteiger partial charge on any atom is 0.133 e. The van der Waals surface area contributed by atoms with Crippen LogP contribution in [-0.4, -0.2) is 16.5 Å². The molecule has 0 unspecified atom stereocenters. The lowest BCUT2D eigenvalue weighted by Gasteiger charge is -2.22. The van der Waals surface area contributed by atoms with Gasteiger partial charge < -0.3 is 10.6 Å². The minimum atomic E-state index is 0.392. The molecule has 3 nitrogen and oxygen atoms in total. The summed E-state index contributed by atoms with van der Waals surface area (Å²) in [4.78, 5) is 6.92. The Morgan fingerprint density at radius 2 is 1.95 bits per heavy atom. The van der Waals surface area contributed by atoms with Crippen molar-refractivity contribution in [1.29, 1.82) is 0 Å². The summed E-state index contributed by atoms with van der Waals surface area (Å²) in [6, 6.07) is 12.1. The molecule has 0 saturated carbocycles. The van der Waals surface area contributed by atoms with E-state index in [0.717, 1.165) is 23.6 Å². The van der Waals surface area contributed by atoms with E-state index in [4.69, 9.17) is 18.0 Å². The lowest BCUT2D eigenvalue weighted by Crippen LogP contribution is -2.18. The number of aromatic nitrogens is 1. The second kappa shape index (κ2) is 5.80. The van der Waals surface area contributed by atoms with Crippen LogP contribution in [0.4, 0.5) is 11.5 Å². The maximum absolute atomic E-state index is 5.67. The van der Waals surface area contributed by atoms with Crippen molar-refractivity contribution in [2.24, 2.45) is 5.73 Å². The number of pyridine rings is 1. The van der Waals surface area contributed by atoms with Crippen LogP contribution in [0.3, 0.4) is 0 Å². The highest BCUT2D eigenvalue weighted by Gasteiger charge is 2.09. The second-order valence-corrected chi connectivity index (χ2v) is 4.79. The Morgan fingerprint density at radius 1 is 1.26 bits per heavy atom. The van der Waals surface area contributed by atoms with E-state index in [0.29, 0.717) is 4.99 Å². The van der Waals surface area contributed by atoms with Crippen LogP contribution in [-0.2, 0) is 0 Å². The van der Waals surface area contributed by atoms with Gasteiger partial charge in [-0.05, 0) is 38.1 Å². The topological polar surface area (TPSA) is 42.1 Å². The molecule has 19 heavy (non-hydrogen) atoms. The molecule has 0 aliphatic rings. The van der Waals surface area contributed by atoms with Crippen molar-refractivity contribution in [2.45, 2.75) is 13.8 Å². The third-order valence-corrected chi connectivity index (χ3v) is 3.20. The molecule has 2 rings (SSSR count). The second-order valence-electron chi connectivity index (χ2n) is 4.35. The summed E-state index contributed by atoms with van der Waals surface area (Å²) in [5, 5.41) is 0. The molecule has 0 atom stereocenters. The zero-order valence-corrected chi connectivity index (χ0v) is 11.9. The zero-order chi connectivity index (χ0) is 13.8. The molecular weight excluding hydrogens is 254 g/mol. The van der Waals surface area contributed by atoms with Crippen molar-refractivity contribution in [1.82, 2.24) is 4.98 Å². The standard InChI is InChI=1S/C15H17N3S/c1-3-18(13-6-4-11(2)5-7-13)14-10-12(15(16)19)8-9-17-14/h4-10H,3H2,1-2H3,(H2,16,19). The van der Waals surface area contributed by atoms with Gasteiger partial charge in [-0.1, -0.05) is 29.9 Å². The molecule has 2 aromatic rings. The van der Waals surface area contributed by atoms with E-state index in [-0.39, 0.29) is 0 Å². The third-order valence-electron chi connectivity index (χ3n) is 2.97. The lowest BCUT2D eigenvalue weighted by molar-refractivity contribution is 0.988. The first-order chi connectivity index (χ1) is 9.11. The van der Waals surface area contributed by atoms with E-state index in [9.17, 15) is 0 Å². The van der Waals surface area contributed by atoms with Gasteiger partial charge in [-0.2, -0.15) is 0 Å². The number of nitrogens with zero attached hydrogens (tertiary/aromatic N) is 2. The van der Waals surface area contributed by atoms with E-state index >= 15 is 0 Å². The van der Waals surface area contributed by atoms with E-state index < -0.39 is 0 Å². The number of hydrogen-bond donors (Lipinski definition) is 1. The molecule has 0 radical (unpaired) electrons. The number of thiocarbonyl (C=S) groups is 1. The Bertz CT molecular complexity index is 578. The summed E-state index contributed by atoms with van der Waals surface area (Å²) in [5.74, 6) is 0.858. The predicted octanol–water partition coefficient (Wildman–Crippen LogP) is 3.18. The molecule has 1 aromatic heterocycles. The van der Waals surface area contributed by atoms with E-state index in [1.54, 1.807) is 6.20 Å². The molecule has 98 valence electrons. The summed E-state index contributed by atoms with van der Waals surface area (Å²) in [7, 11) is 0. The van der Waals surface area contributed by atoms with Crippen LogP contribution >= 0.6 is 12.2 Å². The van der Waals surface area contributed by atoms with Gasteiger partial charge in [0.25, 0.3) is 0 Å². The zero-order valence-electron chi connectivity index (χ0n) is 11.1. The first-order valence-corrected chi connectivity index (χ1v) is 6.62. The van der Waals surface area contributed by atoms with Crippen molar-refractivity contribution in [3.63, 3.8) is 0 Å². The molecular formula is C15H17N3S. The molecule has 1 heterocycles. The van der Waals surface area contributed by atoms with Crippen LogP contribution in [0.2, 0.25) is 0 Å². The average Bonchev–Trinajstić information content (AvgIpc) is 2.42. The molecule has 0 spiro atoms. The normalized spacial score (nSPS) is 10.2. The van der Waals surface area contributed by atoms with Gasteiger partial charge in [-0.25, -0.2) is 4.98 Å². The molecule has 0 aliphatic carbocycles. The molecule has 0 bridgehead atoms. The van der Waals surface area contributed by atoms with Crippen LogP contribution in [0.1, 0.15) is 18.1 Å². The van der Waals surface area contributed by atoms with Crippen LogP contribution in [0.15, 0.2) is 42.6 Å². The van der Waals surface area contributed by atoms with Crippen LogP contribution in [0.5, 0.6) is 0 Å². The largest absolute Gasteiger partial charge is 0.389 e. The Hall–Kier alpha value is -1.94. The molecule has 4 heteroatoms. The highest BCUT2D eigenvalue weighted by Crippen LogP contribution is 2.24. The van der Waals surface area contributed by atoms with Gasteiger partial charge in [-0.15, -0.1) is 0 Å². The number of aryl methyl sites for hydroxylation is 1. The minimum absolute atomic E-state index is 0.392. The summed E-state index contributed by atoms with van der Waals surface area (Å²) < 4.78 is 0. The number of benzene rings is 1. The van der Waals surface area contributed by atoms with Crippen molar-refractivity contribution in [3.05, 3.63) is 53.7 Å². The predicted molar refractivity (Wildman–Crippen MR) is 84.0 cm³/mol. The van der Waals surface area contributed by atoms with Crippen LogP contribution in [0, 0.1) is 6.92 Å². The smallest absolute Gasteiger partial charge is 0.133 e. The summed E-state index contributed by atoms with van der Waals surface area (Å²) in [5.41, 5.74) is 8.86. The van der Waals surface area contributed by atoms with E-state index in [1.165, 1.54) is 5.56 Å². The number of anilines is 2. The molecule has 2 N–H and O–H groups in total. The van der Waals surface area contributed by atoms with Crippen molar-refractivity contribution >= 4 is 28.7 Å². The average molecular weight is 271 g/mol. The Morgan fingerprint density at radius 3 is 2.53 bits per heavy atom. The monoisotopic (exact) mass is 271 g/mol. The van der Waals surface area contributed by atoms with Crippen molar-refractivity contribution in [2.75, 3.05) is 11.4 Å². The van der Waals surface area contributed by atoms with E-state index in [2.05, 4.69) is 48.0 Å². The maximum atomic E-state index is 5.67. The fourth-order valence-corrected chi connectivity index (χ4v) is 2.05. The Balaban J connectivity index is 2.39. The molecule has 1 aromatic carbocycles. The quantitative estimate of drug-likeness (QED) is 0.867. The third kappa shape index (κ3) is 3.09. The number of nitrogens with two attached hydrogens (primary N) is 1.